The second kappa shape index (κ2) is 8.29. The minimum Gasteiger partial charge on any atom is -0.506 e. The van der Waals surface area contributed by atoms with Gasteiger partial charge in [-0.1, -0.05) is 24.8 Å². The fraction of sp³-hybridized carbons (Fsp3) is 0.167. The van der Waals surface area contributed by atoms with Gasteiger partial charge >= 0.3 is 5.97 Å². The first-order valence-electron chi connectivity index (χ1n) is 9.23. The molecule has 2 aromatic rings. The lowest BCUT2D eigenvalue weighted by molar-refractivity contribution is -0.128. The van der Waals surface area contributed by atoms with Gasteiger partial charge in [0.15, 0.2) is 5.78 Å². The van der Waals surface area contributed by atoms with Crippen molar-refractivity contribution in [3.8, 4) is 23.0 Å². The SMILES string of the molecule is C=CC(=O)Oc1ccc(/C=C/C(=O)c2c(OC)cc3c(c2O)C=CC(C)(C)O3)cc1. The largest absolute Gasteiger partial charge is 0.506 e. The number of carbonyl (C=O) groups excluding carboxylic acids is 2. The molecule has 3 rings (SSSR count). The maximum Gasteiger partial charge on any atom is 0.335 e. The van der Waals surface area contributed by atoms with E-state index in [2.05, 4.69) is 6.58 Å². The van der Waals surface area contributed by atoms with E-state index in [1.165, 1.54) is 13.2 Å². The summed E-state index contributed by atoms with van der Waals surface area (Å²) in [6.45, 7) is 7.12. The maximum atomic E-state index is 12.8. The summed E-state index contributed by atoms with van der Waals surface area (Å²) >= 11 is 0. The lowest BCUT2D eigenvalue weighted by Gasteiger charge is -2.29. The summed E-state index contributed by atoms with van der Waals surface area (Å²) in [4.78, 5) is 24.0. The van der Waals surface area contributed by atoms with Crippen LogP contribution in [0, 0.1) is 0 Å². The highest BCUT2D eigenvalue weighted by Gasteiger charge is 2.28. The second-order valence-electron chi connectivity index (χ2n) is 7.14. The molecule has 6 heteroatoms. The minimum atomic E-state index is -0.551. The first kappa shape index (κ1) is 20.9. The van der Waals surface area contributed by atoms with Gasteiger partial charge < -0.3 is 19.3 Å². The van der Waals surface area contributed by atoms with Crippen molar-refractivity contribution in [3.63, 3.8) is 0 Å². The number of phenolic OH excluding ortho intramolecular Hbond substituents is 1. The van der Waals surface area contributed by atoms with E-state index in [9.17, 15) is 14.7 Å². The van der Waals surface area contributed by atoms with Gasteiger partial charge in [0.2, 0.25) is 0 Å². The van der Waals surface area contributed by atoms with Crippen molar-refractivity contribution in [1.82, 2.24) is 0 Å². The number of aromatic hydroxyl groups is 1. The fourth-order valence-corrected chi connectivity index (χ4v) is 2.94. The Kier molecular flexibility index (Phi) is 5.78. The molecule has 0 aromatic heterocycles. The molecule has 6 nitrogen and oxygen atoms in total. The number of ether oxygens (including phenoxy) is 3. The van der Waals surface area contributed by atoms with Crippen LogP contribution in [0.1, 0.15) is 35.3 Å². The van der Waals surface area contributed by atoms with Gasteiger partial charge in [0.25, 0.3) is 0 Å². The van der Waals surface area contributed by atoms with E-state index in [0.717, 1.165) is 6.08 Å². The Labute approximate surface area is 174 Å². The zero-order valence-corrected chi connectivity index (χ0v) is 17.0. The molecule has 1 N–H and O–H groups in total. The van der Waals surface area contributed by atoms with Gasteiger partial charge in [0.1, 0.15) is 34.2 Å². The van der Waals surface area contributed by atoms with Crippen molar-refractivity contribution < 1.29 is 28.9 Å². The molecule has 0 aliphatic carbocycles. The normalized spacial score (nSPS) is 14.0. The quantitative estimate of drug-likeness (QED) is 0.327. The number of fused-ring (bicyclic) bond motifs is 1. The van der Waals surface area contributed by atoms with Crippen molar-refractivity contribution in [1.29, 1.82) is 0 Å². The monoisotopic (exact) mass is 406 g/mol. The molecule has 0 atom stereocenters. The number of phenols is 1. The Morgan fingerprint density at radius 1 is 1.20 bits per heavy atom. The molecule has 0 radical (unpaired) electrons. The number of rotatable bonds is 6. The predicted molar refractivity (Wildman–Crippen MR) is 114 cm³/mol. The van der Waals surface area contributed by atoms with E-state index in [1.54, 1.807) is 42.5 Å². The number of hydrogen-bond donors (Lipinski definition) is 1. The average Bonchev–Trinajstić information content (AvgIpc) is 2.71. The summed E-state index contributed by atoms with van der Waals surface area (Å²) in [5.41, 5.74) is 0.669. The highest BCUT2D eigenvalue weighted by Crippen LogP contribution is 2.43. The molecule has 1 heterocycles. The van der Waals surface area contributed by atoms with Gasteiger partial charge in [-0.05, 0) is 49.8 Å². The van der Waals surface area contributed by atoms with E-state index in [0.29, 0.717) is 22.6 Å². The smallest absolute Gasteiger partial charge is 0.335 e. The zero-order chi connectivity index (χ0) is 21.9. The number of methoxy groups -OCH3 is 1. The Balaban J connectivity index is 1.86. The number of carbonyl (C=O) groups is 2. The van der Waals surface area contributed by atoms with Crippen LogP contribution < -0.4 is 14.2 Å². The standard InChI is InChI=1S/C24H22O6/c1-5-21(26)29-16-9-6-15(7-10-16)8-11-18(25)22-20(28-4)14-19-17(23(22)27)12-13-24(2,3)30-19/h5-14,27H,1H2,2-4H3/b11-8+. The third kappa shape index (κ3) is 4.43. The Morgan fingerprint density at radius 2 is 1.90 bits per heavy atom. The van der Waals surface area contributed by atoms with Crippen LogP contribution in [0.5, 0.6) is 23.0 Å². The van der Waals surface area contributed by atoms with Gasteiger partial charge in [-0.2, -0.15) is 0 Å². The molecule has 154 valence electrons. The summed E-state index contributed by atoms with van der Waals surface area (Å²) in [7, 11) is 1.43. The highest BCUT2D eigenvalue weighted by atomic mass is 16.5. The molecule has 0 spiro atoms. The second-order valence-corrected chi connectivity index (χ2v) is 7.14. The van der Waals surface area contributed by atoms with Crippen LogP contribution in [0.4, 0.5) is 0 Å². The number of hydrogen-bond acceptors (Lipinski definition) is 6. The summed E-state index contributed by atoms with van der Waals surface area (Å²) < 4.78 is 16.2. The van der Waals surface area contributed by atoms with Crippen molar-refractivity contribution in [2.45, 2.75) is 19.4 Å². The first-order chi connectivity index (χ1) is 14.2. The van der Waals surface area contributed by atoms with Crippen LogP contribution in [0.3, 0.4) is 0 Å². The average molecular weight is 406 g/mol. The van der Waals surface area contributed by atoms with Gasteiger partial charge in [-0.15, -0.1) is 0 Å². The minimum absolute atomic E-state index is 0.0528. The molecule has 0 bridgehead atoms. The molecular weight excluding hydrogens is 384 g/mol. The van der Waals surface area contributed by atoms with E-state index in [4.69, 9.17) is 14.2 Å². The van der Waals surface area contributed by atoms with E-state index in [-0.39, 0.29) is 17.1 Å². The molecular formula is C24H22O6. The zero-order valence-electron chi connectivity index (χ0n) is 17.0. The van der Waals surface area contributed by atoms with Crippen LogP contribution >= 0.6 is 0 Å². The van der Waals surface area contributed by atoms with E-state index < -0.39 is 17.4 Å². The Morgan fingerprint density at radius 3 is 2.53 bits per heavy atom. The molecule has 0 saturated carbocycles. The molecule has 2 aromatic carbocycles. The van der Waals surface area contributed by atoms with Gasteiger partial charge in [0, 0.05) is 12.1 Å². The van der Waals surface area contributed by atoms with Crippen molar-refractivity contribution in [2.24, 2.45) is 0 Å². The van der Waals surface area contributed by atoms with Crippen molar-refractivity contribution >= 4 is 23.9 Å². The number of ketones is 1. The lowest BCUT2D eigenvalue weighted by Crippen LogP contribution is -2.27. The Bertz CT molecular complexity index is 1060. The fourth-order valence-electron chi connectivity index (χ4n) is 2.94. The van der Waals surface area contributed by atoms with Gasteiger partial charge in [-0.3, -0.25) is 4.79 Å². The third-order valence-corrected chi connectivity index (χ3v) is 4.45. The van der Waals surface area contributed by atoms with Crippen molar-refractivity contribution in [3.05, 3.63) is 71.8 Å². The lowest BCUT2D eigenvalue weighted by atomic mass is 9.97. The summed E-state index contributed by atoms with van der Waals surface area (Å²) in [6.07, 6.45) is 7.55. The van der Waals surface area contributed by atoms with Crippen LogP contribution in [0.2, 0.25) is 0 Å². The Hall–Kier alpha value is -3.80. The van der Waals surface area contributed by atoms with E-state index >= 15 is 0 Å². The van der Waals surface area contributed by atoms with E-state index in [1.807, 2.05) is 19.9 Å². The summed E-state index contributed by atoms with van der Waals surface area (Å²) in [5, 5.41) is 10.7. The topological polar surface area (TPSA) is 82.1 Å². The third-order valence-electron chi connectivity index (χ3n) is 4.45. The molecule has 30 heavy (non-hydrogen) atoms. The molecule has 1 aliphatic rings. The molecule has 1 aliphatic heterocycles. The number of allylic oxidation sites excluding steroid dienone is 1. The highest BCUT2D eigenvalue weighted by molar-refractivity contribution is 6.11. The summed E-state index contributed by atoms with van der Waals surface area (Å²) in [5.74, 6) is -0.136. The molecule has 0 unspecified atom stereocenters. The molecule has 0 amide bonds. The van der Waals surface area contributed by atoms with Crippen LogP contribution in [-0.4, -0.2) is 29.6 Å². The summed E-state index contributed by atoms with van der Waals surface area (Å²) in [6, 6.07) is 8.19. The van der Waals surface area contributed by atoms with Crippen molar-refractivity contribution in [2.75, 3.05) is 7.11 Å². The van der Waals surface area contributed by atoms with Crippen LogP contribution in [0.25, 0.3) is 12.2 Å². The maximum absolute atomic E-state index is 12.8. The number of benzene rings is 2. The molecule has 0 fully saturated rings. The van der Waals surface area contributed by atoms with Crippen LogP contribution in [0.15, 0.2) is 55.1 Å². The predicted octanol–water partition coefficient (Wildman–Crippen LogP) is 4.57. The van der Waals surface area contributed by atoms with Gasteiger partial charge in [0.05, 0.1) is 12.7 Å². The molecule has 0 saturated heterocycles. The van der Waals surface area contributed by atoms with Crippen LogP contribution in [-0.2, 0) is 4.79 Å². The number of esters is 1. The first-order valence-corrected chi connectivity index (χ1v) is 9.23. The van der Waals surface area contributed by atoms with Gasteiger partial charge in [-0.25, -0.2) is 4.79 Å².